The van der Waals surface area contributed by atoms with E-state index >= 15 is 0 Å². The second-order valence-corrected chi connectivity index (χ2v) is 4.44. The molecule has 1 aromatic heterocycles. The Balaban J connectivity index is 1.95. The van der Waals surface area contributed by atoms with Gasteiger partial charge >= 0.3 is 0 Å². The van der Waals surface area contributed by atoms with E-state index in [1.807, 2.05) is 6.07 Å². The third-order valence-corrected chi connectivity index (χ3v) is 2.85. The van der Waals surface area contributed by atoms with Crippen LogP contribution in [0.15, 0.2) is 12.1 Å². The molecule has 0 atom stereocenters. The first-order valence-electron chi connectivity index (χ1n) is 5.90. The molecule has 0 saturated carbocycles. The number of halogens is 1. The molecule has 5 heteroatoms. The first-order chi connectivity index (χ1) is 8.29. The van der Waals surface area contributed by atoms with Gasteiger partial charge in [0.15, 0.2) is 0 Å². The maximum Gasteiger partial charge on any atom is 0.214 e. The van der Waals surface area contributed by atoms with Gasteiger partial charge in [0.05, 0.1) is 23.9 Å². The minimum Gasteiger partial charge on any atom is -0.469 e. The Labute approximate surface area is 106 Å². The zero-order valence-electron chi connectivity index (χ0n) is 9.91. The molecule has 1 N–H and O–H groups in total. The van der Waals surface area contributed by atoms with Crippen LogP contribution >= 0.6 is 11.6 Å². The predicted octanol–water partition coefficient (Wildman–Crippen LogP) is 2.01. The van der Waals surface area contributed by atoms with E-state index in [4.69, 9.17) is 21.1 Å². The van der Waals surface area contributed by atoms with Gasteiger partial charge in [-0.05, 0) is 19.0 Å². The largest absolute Gasteiger partial charge is 0.469 e. The van der Waals surface area contributed by atoms with Gasteiger partial charge in [0, 0.05) is 12.6 Å². The van der Waals surface area contributed by atoms with Crippen LogP contribution in [0.1, 0.15) is 19.0 Å². The highest BCUT2D eigenvalue weighted by Gasteiger charge is 2.20. The van der Waals surface area contributed by atoms with Crippen molar-refractivity contribution >= 4 is 11.6 Å². The van der Waals surface area contributed by atoms with Crippen molar-refractivity contribution in [2.24, 2.45) is 0 Å². The minimum atomic E-state index is 0.139. The van der Waals surface area contributed by atoms with E-state index in [1.165, 1.54) is 0 Å². The van der Waals surface area contributed by atoms with Crippen LogP contribution in [0.2, 0.25) is 5.02 Å². The number of pyridine rings is 1. The second-order valence-electron chi connectivity index (χ2n) is 4.03. The van der Waals surface area contributed by atoms with Gasteiger partial charge in [-0.2, -0.15) is 0 Å². The van der Waals surface area contributed by atoms with Gasteiger partial charge in [-0.3, -0.25) is 0 Å². The smallest absolute Gasteiger partial charge is 0.214 e. The van der Waals surface area contributed by atoms with Gasteiger partial charge in [0.1, 0.15) is 6.10 Å². The van der Waals surface area contributed by atoms with E-state index in [0.29, 0.717) is 30.7 Å². The van der Waals surface area contributed by atoms with Crippen molar-refractivity contribution in [3.8, 4) is 5.88 Å². The summed E-state index contributed by atoms with van der Waals surface area (Å²) in [5, 5.41) is 3.95. The zero-order valence-corrected chi connectivity index (χ0v) is 10.7. The van der Waals surface area contributed by atoms with E-state index in [0.717, 1.165) is 18.7 Å². The molecule has 2 heterocycles. The van der Waals surface area contributed by atoms with Crippen molar-refractivity contribution < 1.29 is 9.47 Å². The van der Waals surface area contributed by atoms with Crippen LogP contribution in [-0.2, 0) is 11.3 Å². The molecule has 4 nitrogen and oxygen atoms in total. The van der Waals surface area contributed by atoms with Crippen LogP contribution in [0.25, 0.3) is 0 Å². The average Bonchev–Trinajstić information content (AvgIpc) is 2.27. The summed E-state index contributed by atoms with van der Waals surface area (Å²) in [6.45, 7) is 5.05. The highest BCUT2D eigenvalue weighted by atomic mass is 35.5. The van der Waals surface area contributed by atoms with Crippen LogP contribution in [0.3, 0.4) is 0 Å². The van der Waals surface area contributed by atoms with Crippen molar-refractivity contribution in [1.82, 2.24) is 10.3 Å². The van der Waals surface area contributed by atoms with Gasteiger partial charge in [0.2, 0.25) is 5.88 Å². The third-order valence-electron chi connectivity index (χ3n) is 2.51. The number of hydrogen-bond donors (Lipinski definition) is 1. The Bertz CT molecular complexity index is 370. The minimum absolute atomic E-state index is 0.139. The number of aromatic nitrogens is 1. The molecule has 0 aromatic carbocycles. The molecule has 1 aliphatic rings. The highest BCUT2D eigenvalue weighted by molar-refractivity contribution is 6.31. The Morgan fingerprint density at radius 2 is 2.35 bits per heavy atom. The zero-order chi connectivity index (χ0) is 12.1. The fourth-order valence-electron chi connectivity index (χ4n) is 1.49. The number of nitrogens with zero attached hydrogens (tertiary/aromatic N) is 1. The number of hydrogen-bond acceptors (Lipinski definition) is 4. The van der Waals surface area contributed by atoms with Crippen molar-refractivity contribution in [1.29, 1.82) is 0 Å². The maximum atomic E-state index is 6.08. The van der Waals surface area contributed by atoms with Crippen molar-refractivity contribution in [2.75, 3.05) is 19.8 Å². The number of ether oxygens (including phenoxy) is 2. The molecular formula is C12H17ClN2O2. The topological polar surface area (TPSA) is 43.4 Å². The SMILES string of the molecule is CCCNCc1nc(OC2COC2)ccc1Cl. The third kappa shape index (κ3) is 3.56. The summed E-state index contributed by atoms with van der Waals surface area (Å²) in [5.74, 6) is 0.621. The molecule has 1 aliphatic heterocycles. The molecule has 0 amide bonds. The highest BCUT2D eigenvalue weighted by Crippen LogP contribution is 2.20. The second kappa shape index (κ2) is 6.19. The van der Waals surface area contributed by atoms with Gasteiger partial charge in [0.25, 0.3) is 0 Å². The van der Waals surface area contributed by atoms with Gasteiger partial charge < -0.3 is 14.8 Å². The van der Waals surface area contributed by atoms with Gasteiger partial charge in [-0.25, -0.2) is 4.98 Å². The summed E-state index contributed by atoms with van der Waals surface area (Å²) >= 11 is 6.08. The Morgan fingerprint density at radius 3 is 3.00 bits per heavy atom. The lowest BCUT2D eigenvalue weighted by molar-refractivity contribution is -0.0813. The molecule has 0 aliphatic carbocycles. The van der Waals surface area contributed by atoms with E-state index in [-0.39, 0.29) is 6.10 Å². The van der Waals surface area contributed by atoms with Gasteiger partial charge in [-0.15, -0.1) is 0 Å². The Hall–Kier alpha value is -0.840. The van der Waals surface area contributed by atoms with E-state index in [2.05, 4.69) is 17.2 Å². The molecule has 0 spiro atoms. The lowest BCUT2D eigenvalue weighted by Gasteiger charge is -2.26. The predicted molar refractivity (Wildman–Crippen MR) is 66.5 cm³/mol. The summed E-state index contributed by atoms with van der Waals surface area (Å²) in [6.07, 6.45) is 1.23. The van der Waals surface area contributed by atoms with Crippen LogP contribution in [-0.4, -0.2) is 30.8 Å². The fraction of sp³-hybridized carbons (Fsp3) is 0.583. The quantitative estimate of drug-likeness (QED) is 0.791. The summed E-state index contributed by atoms with van der Waals surface area (Å²) in [6, 6.07) is 3.62. The average molecular weight is 257 g/mol. The van der Waals surface area contributed by atoms with Gasteiger partial charge in [-0.1, -0.05) is 18.5 Å². The van der Waals surface area contributed by atoms with Crippen LogP contribution in [0, 0.1) is 0 Å². The van der Waals surface area contributed by atoms with Crippen LogP contribution in [0.5, 0.6) is 5.88 Å². The summed E-state index contributed by atoms with van der Waals surface area (Å²) < 4.78 is 10.7. The molecule has 1 saturated heterocycles. The normalized spacial score (nSPS) is 15.6. The molecule has 1 fully saturated rings. The lowest BCUT2D eigenvalue weighted by atomic mass is 10.3. The van der Waals surface area contributed by atoms with Crippen molar-refractivity contribution in [3.05, 3.63) is 22.8 Å². The Kier molecular flexibility index (Phi) is 4.59. The number of nitrogens with one attached hydrogen (secondary N) is 1. The molecular weight excluding hydrogens is 240 g/mol. The molecule has 2 rings (SSSR count). The molecule has 1 aromatic rings. The van der Waals surface area contributed by atoms with E-state index in [9.17, 15) is 0 Å². The van der Waals surface area contributed by atoms with Crippen LogP contribution < -0.4 is 10.1 Å². The van der Waals surface area contributed by atoms with Crippen LogP contribution in [0.4, 0.5) is 0 Å². The monoisotopic (exact) mass is 256 g/mol. The summed E-state index contributed by atoms with van der Waals surface area (Å²) in [4.78, 5) is 4.39. The number of rotatable bonds is 6. The fourth-order valence-corrected chi connectivity index (χ4v) is 1.66. The molecule has 0 bridgehead atoms. The van der Waals surface area contributed by atoms with Crippen molar-refractivity contribution in [2.45, 2.75) is 26.0 Å². The maximum absolute atomic E-state index is 6.08. The molecule has 0 radical (unpaired) electrons. The first-order valence-corrected chi connectivity index (χ1v) is 6.28. The summed E-state index contributed by atoms with van der Waals surface area (Å²) in [5.41, 5.74) is 0.831. The molecule has 0 unspecified atom stereocenters. The summed E-state index contributed by atoms with van der Waals surface area (Å²) in [7, 11) is 0. The lowest BCUT2D eigenvalue weighted by Crippen LogP contribution is -2.38. The van der Waals surface area contributed by atoms with E-state index in [1.54, 1.807) is 6.07 Å². The molecule has 17 heavy (non-hydrogen) atoms. The standard InChI is InChI=1S/C12H17ClN2O2/c1-2-5-14-6-11-10(13)3-4-12(15-11)17-9-7-16-8-9/h3-4,9,14H,2,5-8H2,1H3. The van der Waals surface area contributed by atoms with Crippen molar-refractivity contribution in [3.63, 3.8) is 0 Å². The first kappa shape index (κ1) is 12.6. The van der Waals surface area contributed by atoms with E-state index < -0.39 is 0 Å². The Morgan fingerprint density at radius 1 is 1.53 bits per heavy atom. The molecule has 94 valence electrons.